The molecule has 0 fully saturated rings. The fourth-order valence-corrected chi connectivity index (χ4v) is 1.60. The van der Waals surface area contributed by atoms with Crippen LogP contribution >= 0.6 is 0 Å². The second-order valence-corrected chi connectivity index (χ2v) is 4.49. The summed E-state index contributed by atoms with van der Waals surface area (Å²) in [6, 6.07) is 5.46. The van der Waals surface area contributed by atoms with Crippen molar-refractivity contribution in [3.8, 4) is 11.8 Å². The molecule has 0 aliphatic carbocycles. The average Bonchev–Trinajstić information content (AvgIpc) is 2.44. The van der Waals surface area contributed by atoms with Crippen LogP contribution < -0.4 is 15.8 Å². The molecule has 0 saturated carbocycles. The number of ether oxygens (including phenoxy) is 1. The highest BCUT2D eigenvalue weighted by atomic mass is 16.5. The second kappa shape index (κ2) is 8.12. The van der Waals surface area contributed by atoms with Crippen LogP contribution in [0.5, 0.6) is 5.75 Å². The van der Waals surface area contributed by atoms with Gasteiger partial charge in [0.25, 0.3) is 5.91 Å². The van der Waals surface area contributed by atoms with E-state index in [2.05, 4.69) is 10.3 Å². The number of nitriles is 1. The van der Waals surface area contributed by atoms with Gasteiger partial charge in [0.05, 0.1) is 11.8 Å². The van der Waals surface area contributed by atoms with Gasteiger partial charge >= 0.3 is 0 Å². The van der Waals surface area contributed by atoms with Crippen molar-refractivity contribution in [2.24, 2.45) is 5.73 Å². The Kier molecular flexibility index (Phi) is 6.47. The molecule has 0 saturated heterocycles. The van der Waals surface area contributed by atoms with E-state index in [1.807, 2.05) is 26.0 Å². The van der Waals surface area contributed by atoms with E-state index in [1.54, 1.807) is 6.07 Å². The maximum absolute atomic E-state index is 11.4. The lowest BCUT2D eigenvalue weighted by Crippen LogP contribution is -2.29. The summed E-state index contributed by atoms with van der Waals surface area (Å²) in [5.74, 6) is 0.226. The van der Waals surface area contributed by atoms with Crippen LogP contribution in [0.1, 0.15) is 24.7 Å². The van der Waals surface area contributed by atoms with E-state index >= 15 is 0 Å². The Morgan fingerprint density at radius 2 is 2.35 bits per heavy atom. The van der Waals surface area contributed by atoms with E-state index in [0.29, 0.717) is 12.2 Å². The molecule has 1 rings (SSSR count). The number of pyridine rings is 1. The van der Waals surface area contributed by atoms with Crippen LogP contribution in [0.4, 0.5) is 0 Å². The zero-order valence-electron chi connectivity index (χ0n) is 11.8. The van der Waals surface area contributed by atoms with Gasteiger partial charge in [0, 0.05) is 18.2 Å². The second-order valence-electron chi connectivity index (χ2n) is 4.49. The highest BCUT2D eigenvalue weighted by Gasteiger charge is 2.11. The fourth-order valence-electron chi connectivity index (χ4n) is 1.60. The summed E-state index contributed by atoms with van der Waals surface area (Å²) in [6.07, 6.45) is 1.45. The number of carbonyl (C=O) groups excluding carboxylic acids is 1. The molecule has 0 bridgehead atoms. The van der Waals surface area contributed by atoms with E-state index in [1.165, 1.54) is 0 Å². The highest BCUT2D eigenvalue weighted by molar-refractivity contribution is 5.77. The van der Waals surface area contributed by atoms with Crippen LogP contribution in [0.2, 0.25) is 0 Å². The first-order chi connectivity index (χ1) is 9.56. The number of carbonyl (C=O) groups is 1. The summed E-state index contributed by atoms with van der Waals surface area (Å²) >= 11 is 0. The van der Waals surface area contributed by atoms with Gasteiger partial charge < -0.3 is 15.8 Å². The number of rotatable bonds is 7. The molecule has 0 aromatic carbocycles. The summed E-state index contributed by atoms with van der Waals surface area (Å²) < 4.78 is 5.46. The van der Waals surface area contributed by atoms with Gasteiger partial charge in [-0.2, -0.15) is 5.26 Å². The molecular weight excluding hydrogens is 256 g/mol. The number of nitrogens with one attached hydrogen (secondary N) is 1. The van der Waals surface area contributed by atoms with Gasteiger partial charge in [-0.25, -0.2) is 0 Å². The van der Waals surface area contributed by atoms with Gasteiger partial charge in [-0.15, -0.1) is 0 Å². The molecule has 6 heteroatoms. The Morgan fingerprint density at radius 3 is 3.00 bits per heavy atom. The summed E-state index contributed by atoms with van der Waals surface area (Å²) in [5.41, 5.74) is 7.57. The maximum Gasteiger partial charge on any atom is 0.258 e. The molecule has 1 atom stereocenters. The molecule has 3 N–H and O–H groups in total. The van der Waals surface area contributed by atoms with E-state index in [0.717, 1.165) is 17.8 Å². The van der Waals surface area contributed by atoms with Crippen LogP contribution in [-0.4, -0.2) is 30.1 Å². The van der Waals surface area contributed by atoms with Gasteiger partial charge in [0.1, 0.15) is 12.3 Å². The number of aromatic nitrogens is 1. The molecule has 1 amide bonds. The van der Waals surface area contributed by atoms with Crippen molar-refractivity contribution in [3.05, 3.63) is 23.5 Å². The van der Waals surface area contributed by atoms with Crippen LogP contribution in [0.3, 0.4) is 0 Å². The maximum atomic E-state index is 11.4. The Hall–Kier alpha value is -2.13. The summed E-state index contributed by atoms with van der Waals surface area (Å²) in [6.45, 7) is 3.74. The number of nitrogens with zero attached hydrogens (tertiary/aromatic N) is 2. The Balaban J connectivity index is 2.69. The zero-order chi connectivity index (χ0) is 15.0. The molecular formula is C14H20N4O2. The van der Waals surface area contributed by atoms with Crippen molar-refractivity contribution in [2.45, 2.75) is 32.7 Å². The van der Waals surface area contributed by atoms with Crippen molar-refractivity contribution >= 4 is 5.91 Å². The van der Waals surface area contributed by atoms with E-state index < -0.39 is 0 Å². The number of aryl methyl sites for hydroxylation is 1. The molecule has 0 spiro atoms. The lowest BCUT2D eigenvalue weighted by molar-refractivity contribution is -0.122. The normalized spacial score (nSPS) is 11.5. The number of nitrogens with two attached hydrogens (primary N) is 1. The summed E-state index contributed by atoms with van der Waals surface area (Å²) in [5, 5.41) is 10.8. The van der Waals surface area contributed by atoms with Crippen molar-refractivity contribution < 1.29 is 9.53 Å². The molecule has 0 aliphatic rings. The van der Waals surface area contributed by atoms with Crippen LogP contribution in [0, 0.1) is 18.3 Å². The smallest absolute Gasteiger partial charge is 0.258 e. The van der Waals surface area contributed by atoms with Crippen LogP contribution in [-0.2, 0) is 11.2 Å². The van der Waals surface area contributed by atoms with E-state index in [-0.39, 0.29) is 25.1 Å². The van der Waals surface area contributed by atoms with E-state index in [9.17, 15) is 4.79 Å². The Morgan fingerprint density at radius 1 is 1.60 bits per heavy atom. The highest BCUT2D eigenvalue weighted by Crippen LogP contribution is 2.18. The predicted octanol–water partition coefficient (Wildman–Crippen LogP) is 0.688. The quantitative estimate of drug-likeness (QED) is 0.713. The van der Waals surface area contributed by atoms with Gasteiger partial charge in [0.15, 0.2) is 6.61 Å². The molecule has 1 unspecified atom stereocenters. The van der Waals surface area contributed by atoms with Crippen molar-refractivity contribution in [2.75, 3.05) is 13.2 Å². The molecule has 0 radical (unpaired) electrons. The van der Waals surface area contributed by atoms with Crippen LogP contribution in [0.25, 0.3) is 0 Å². The van der Waals surface area contributed by atoms with Gasteiger partial charge in [-0.05, 0) is 25.5 Å². The minimum absolute atomic E-state index is 0.0130. The minimum Gasteiger partial charge on any atom is -0.482 e. The number of amides is 1. The van der Waals surface area contributed by atoms with Crippen molar-refractivity contribution in [1.29, 1.82) is 5.26 Å². The molecule has 1 aromatic heterocycles. The molecule has 6 nitrogen and oxygen atoms in total. The molecule has 1 aromatic rings. The number of hydrogen-bond acceptors (Lipinski definition) is 5. The van der Waals surface area contributed by atoms with Crippen molar-refractivity contribution in [3.63, 3.8) is 0 Å². The first kappa shape index (κ1) is 15.9. The van der Waals surface area contributed by atoms with Crippen molar-refractivity contribution in [1.82, 2.24) is 10.3 Å². The first-order valence-electron chi connectivity index (χ1n) is 6.55. The predicted molar refractivity (Wildman–Crippen MR) is 75.1 cm³/mol. The Labute approximate surface area is 118 Å². The largest absolute Gasteiger partial charge is 0.482 e. The van der Waals surface area contributed by atoms with Gasteiger partial charge in [-0.3, -0.25) is 9.78 Å². The van der Waals surface area contributed by atoms with Crippen LogP contribution in [0.15, 0.2) is 12.1 Å². The zero-order valence-corrected chi connectivity index (χ0v) is 11.8. The SMILES string of the molecule is CCC(N)Cc1nc(C)ccc1OCC(=O)NCC#N. The monoisotopic (exact) mass is 276 g/mol. The summed E-state index contributed by atoms with van der Waals surface area (Å²) in [7, 11) is 0. The first-order valence-corrected chi connectivity index (χ1v) is 6.55. The summed E-state index contributed by atoms with van der Waals surface area (Å²) in [4.78, 5) is 15.8. The van der Waals surface area contributed by atoms with E-state index in [4.69, 9.17) is 15.7 Å². The third-order valence-corrected chi connectivity index (χ3v) is 2.77. The lowest BCUT2D eigenvalue weighted by atomic mass is 10.1. The van der Waals surface area contributed by atoms with Gasteiger partial charge in [0.2, 0.25) is 0 Å². The number of hydrogen-bond donors (Lipinski definition) is 2. The molecule has 1 heterocycles. The minimum atomic E-state index is -0.335. The lowest BCUT2D eigenvalue weighted by Gasteiger charge is -2.14. The third-order valence-electron chi connectivity index (χ3n) is 2.77. The average molecular weight is 276 g/mol. The standard InChI is InChI=1S/C14H20N4O2/c1-3-11(16)8-12-13(5-4-10(2)18-12)20-9-14(19)17-7-6-15/h4-5,11H,3,7-9,16H2,1-2H3,(H,17,19). The molecule has 20 heavy (non-hydrogen) atoms. The fraction of sp³-hybridized carbons (Fsp3) is 0.500. The third kappa shape index (κ3) is 5.24. The topological polar surface area (TPSA) is 101 Å². The Bertz CT molecular complexity index is 496. The molecule has 0 aliphatic heterocycles. The molecule has 108 valence electrons. The van der Waals surface area contributed by atoms with Gasteiger partial charge in [-0.1, -0.05) is 6.92 Å².